The summed E-state index contributed by atoms with van der Waals surface area (Å²) < 4.78 is 0. The Kier molecular flexibility index (Phi) is 3.81. The third-order valence-corrected chi connectivity index (χ3v) is 5.75. The average molecular weight is 337 g/mol. The van der Waals surface area contributed by atoms with Crippen molar-refractivity contribution in [2.75, 3.05) is 11.4 Å². The molecule has 1 amide bonds. The summed E-state index contributed by atoms with van der Waals surface area (Å²) in [6.45, 7) is 2.89. The SMILES string of the molecule is CCCCN1C(=O)[C@@]2(NN=C(c3ccccc3)S2)c2ccccc21. The van der Waals surface area contributed by atoms with Crippen LogP contribution in [0.15, 0.2) is 59.7 Å². The first-order valence-electron chi connectivity index (χ1n) is 8.27. The maximum atomic E-state index is 13.2. The number of hydrogen-bond donors (Lipinski definition) is 1. The summed E-state index contributed by atoms with van der Waals surface area (Å²) in [6, 6.07) is 18.0. The Balaban J connectivity index is 1.70. The van der Waals surface area contributed by atoms with Gasteiger partial charge in [-0.2, -0.15) is 5.10 Å². The molecule has 0 unspecified atom stereocenters. The molecule has 0 fully saturated rings. The van der Waals surface area contributed by atoms with Crippen LogP contribution in [0.1, 0.15) is 30.9 Å². The van der Waals surface area contributed by atoms with Crippen molar-refractivity contribution in [3.05, 3.63) is 65.7 Å². The van der Waals surface area contributed by atoms with Crippen molar-refractivity contribution >= 4 is 28.4 Å². The number of unbranched alkanes of at least 4 members (excludes halogenated alkanes) is 1. The molecule has 5 heteroatoms. The number of hydrogen-bond acceptors (Lipinski definition) is 4. The number of para-hydroxylation sites is 1. The highest BCUT2D eigenvalue weighted by atomic mass is 32.2. The van der Waals surface area contributed by atoms with E-state index in [4.69, 9.17) is 0 Å². The van der Waals surface area contributed by atoms with Crippen LogP contribution in [0.2, 0.25) is 0 Å². The smallest absolute Gasteiger partial charge is 0.269 e. The van der Waals surface area contributed by atoms with Gasteiger partial charge in [-0.25, -0.2) is 0 Å². The van der Waals surface area contributed by atoms with E-state index in [0.29, 0.717) is 0 Å². The summed E-state index contributed by atoms with van der Waals surface area (Å²) in [4.78, 5) is 14.3. The maximum absolute atomic E-state index is 13.2. The molecule has 0 saturated carbocycles. The predicted molar refractivity (Wildman–Crippen MR) is 99.1 cm³/mol. The van der Waals surface area contributed by atoms with E-state index in [1.54, 1.807) is 0 Å². The second-order valence-corrected chi connectivity index (χ2v) is 7.21. The van der Waals surface area contributed by atoms with Gasteiger partial charge in [0.15, 0.2) is 0 Å². The Labute approximate surface area is 145 Å². The van der Waals surface area contributed by atoms with Crippen LogP contribution in [-0.4, -0.2) is 17.5 Å². The Morgan fingerprint density at radius 2 is 1.88 bits per heavy atom. The Morgan fingerprint density at radius 1 is 1.12 bits per heavy atom. The fourth-order valence-corrected chi connectivity index (χ4v) is 4.40. The van der Waals surface area contributed by atoms with E-state index in [9.17, 15) is 4.79 Å². The molecule has 0 bridgehead atoms. The van der Waals surface area contributed by atoms with E-state index in [1.165, 1.54) is 11.8 Å². The maximum Gasteiger partial charge on any atom is 0.269 e. The predicted octanol–water partition coefficient (Wildman–Crippen LogP) is 3.68. The normalized spacial score (nSPS) is 21.8. The van der Waals surface area contributed by atoms with E-state index < -0.39 is 4.87 Å². The van der Waals surface area contributed by atoms with Crippen LogP contribution < -0.4 is 10.3 Å². The summed E-state index contributed by atoms with van der Waals surface area (Å²) in [6.07, 6.45) is 2.05. The molecule has 0 radical (unpaired) electrons. The standard InChI is InChI=1S/C19H19N3OS/c1-2-3-13-22-16-12-8-7-11-15(16)19(18(22)23)21-20-17(24-19)14-9-5-4-6-10-14/h4-12,21H,2-3,13H2,1H3/t19-/m1/s1. The Morgan fingerprint density at radius 3 is 2.67 bits per heavy atom. The van der Waals surface area contributed by atoms with Crippen LogP contribution in [0, 0.1) is 0 Å². The van der Waals surface area contributed by atoms with Gasteiger partial charge in [0, 0.05) is 17.7 Å². The molecule has 1 atom stereocenters. The fraction of sp³-hybridized carbons (Fsp3) is 0.263. The van der Waals surface area contributed by atoms with Gasteiger partial charge in [-0.1, -0.05) is 73.6 Å². The number of amides is 1. The molecule has 2 heterocycles. The van der Waals surface area contributed by atoms with Crippen LogP contribution in [0.25, 0.3) is 0 Å². The summed E-state index contributed by atoms with van der Waals surface area (Å²) in [5.41, 5.74) is 6.19. The molecule has 4 rings (SSSR count). The topological polar surface area (TPSA) is 44.7 Å². The lowest BCUT2D eigenvalue weighted by molar-refractivity contribution is -0.121. The minimum absolute atomic E-state index is 0.0804. The largest absolute Gasteiger partial charge is 0.309 e. The lowest BCUT2D eigenvalue weighted by Crippen LogP contribution is -2.44. The summed E-state index contributed by atoms with van der Waals surface area (Å²) >= 11 is 1.51. The van der Waals surface area contributed by atoms with Gasteiger partial charge in [0.2, 0.25) is 4.87 Å². The van der Waals surface area contributed by atoms with Gasteiger partial charge < -0.3 is 4.90 Å². The number of thioether (sulfide) groups is 1. The van der Waals surface area contributed by atoms with Crippen molar-refractivity contribution in [3.63, 3.8) is 0 Å². The highest BCUT2D eigenvalue weighted by Gasteiger charge is 2.55. The number of nitrogens with one attached hydrogen (secondary N) is 1. The lowest BCUT2D eigenvalue weighted by Gasteiger charge is -2.22. The molecule has 2 aromatic carbocycles. The van der Waals surface area contributed by atoms with Gasteiger partial charge in [-0.15, -0.1) is 0 Å². The Bertz CT molecular complexity index is 805. The number of hydrazone groups is 1. The van der Waals surface area contributed by atoms with Gasteiger partial charge in [-0.05, 0) is 12.5 Å². The van der Waals surface area contributed by atoms with E-state index in [1.807, 2.05) is 59.5 Å². The number of anilines is 1. The molecule has 1 N–H and O–H groups in total. The van der Waals surface area contributed by atoms with Gasteiger partial charge >= 0.3 is 0 Å². The monoisotopic (exact) mass is 337 g/mol. The molecular weight excluding hydrogens is 318 g/mol. The zero-order chi connectivity index (χ0) is 16.6. The zero-order valence-corrected chi connectivity index (χ0v) is 14.3. The highest BCUT2D eigenvalue weighted by Crippen LogP contribution is 2.50. The van der Waals surface area contributed by atoms with Crippen LogP contribution in [-0.2, 0) is 9.67 Å². The number of carbonyl (C=O) groups is 1. The lowest BCUT2D eigenvalue weighted by atomic mass is 10.1. The van der Waals surface area contributed by atoms with Crippen LogP contribution >= 0.6 is 11.8 Å². The number of carbonyl (C=O) groups excluding carboxylic acids is 1. The number of benzene rings is 2. The van der Waals surface area contributed by atoms with Crippen molar-refractivity contribution < 1.29 is 4.79 Å². The minimum Gasteiger partial charge on any atom is -0.309 e. The van der Waals surface area contributed by atoms with Crippen molar-refractivity contribution in [2.45, 2.75) is 24.6 Å². The summed E-state index contributed by atoms with van der Waals surface area (Å²) in [5, 5.41) is 5.34. The molecule has 2 aromatic rings. The molecule has 2 aliphatic rings. The van der Waals surface area contributed by atoms with Crippen molar-refractivity contribution in [2.24, 2.45) is 5.10 Å². The van der Waals surface area contributed by atoms with Crippen molar-refractivity contribution in [1.82, 2.24) is 5.43 Å². The van der Waals surface area contributed by atoms with E-state index in [2.05, 4.69) is 17.5 Å². The van der Waals surface area contributed by atoms with E-state index >= 15 is 0 Å². The third-order valence-electron chi connectivity index (χ3n) is 4.44. The second kappa shape index (κ2) is 5.98. The van der Waals surface area contributed by atoms with Crippen LogP contribution in [0.5, 0.6) is 0 Å². The molecule has 0 aliphatic carbocycles. The molecule has 122 valence electrons. The van der Waals surface area contributed by atoms with Gasteiger partial charge in [-0.3, -0.25) is 10.2 Å². The van der Waals surface area contributed by atoms with Crippen molar-refractivity contribution in [1.29, 1.82) is 0 Å². The molecule has 24 heavy (non-hydrogen) atoms. The van der Waals surface area contributed by atoms with Crippen molar-refractivity contribution in [3.8, 4) is 0 Å². The quantitative estimate of drug-likeness (QED) is 0.925. The van der Waals surface area contributed by atoms with Crippen LogP contribution in [0.3, 0.4) is 0 Å². The molecule has 1 spiro atoms. The highest BCUT2D eigenvalue weighted by molar-refractivity contribution is 8.16. The molecule has 2 aliphatic heterocycles. The van der Waals surface area contributed by atoms with Gasteiger partial charge in [0.05, 0.1) is 5.69 Å². The van der Waals surface area contributed by atoms with Gasteiger partial charge in [0.25, 0.3) is 5.91 Å². The Hall–Kier alpha value is -2.27. The summed E-state index contributed by atoms with van der Waals surface area (Å²) in [5.74, 6) is 0.0804. The number of rotatable bonds is 4. The van der Waals surface area contributed by atoms with Gasteiger partial charge in [0.1, 0.15) is 5.04 Å². The van der Waals surface area contributed by atoms with E-state index in [0.717, 1.165) is 41.2 Å². The average Bonchev–Trinajstić information content (AvgIpc) is 3.17. The first-order chi connectivity index (χ1) is 11.8. The first-order valence-corrected chi connectivity index (χ1v) is 9.08. The molecule has 0 saturated heterocycles. The first kappa shape index (κ1) is 15.3. The summed E-state index contributed by atoms with van der Waals surface area (Å²) in [7, 11) is 0. The molecule has 0 aromatic heterocycles. The second-order valence-electron chi connectivity index (χ2n) is 6.01. The number of fused-ring (bicyclic) bond motifs is 2. The fourth-order valence-electron chi connectivity index (χ4n) is 3.19. The van der Waals surface area contributed by atoms with E-state index in [-0.39, 0.29) is 5.91 Å². The molecule has 4 nitrogen and oxygen atoms in total. The minimum atomic E-state index is -0.824. The number of nitrogens with zero attached hydrogens (tertiary/aromatic N) is 2. The zero-order valence-electron chi connectivity index (χ0n) is 13.5. The third kappa shape index (κ3) is 2.23. The molecular formula is C19H19N3OS. The van der Waals surface area contributed by atoms with Crippen LogP contribution in [0.4, 0.5) is 5.69 Å².